The SMILES string of the molecule is CC1CCC(OCC(O)CNC2CCC(C)(C)C2)CC1. The number of hydrogen-bond acceptors (Lipinski definition) is 3. The number of ether oxygens (including phenoxy) is 1. The van der Waals surface area contributed by atoms with Crippen LogP contribution in [0.2, 0.25) is 0 Å². The van der Waals surface area contributed by atoms with Gasteiger partial charge in [0.05, 0.1) is 18.8 Å². The topological polar surface area (TPSA) is 41.5 Å². The lowest BCUT2D eigenvalue weighted by Gasteiger charge is -2.27. The highest BCUT2D eigenvalue weighted by Crippen LogP contribution is 2.36. The first-order valence-electron chi connectivity index (χ1n) is 8.48. The molecule has 2 unspecified atom stereocenters. The van der Waals surface area contributed by atoms with Crippen molar-refractivity contribution in [1.82, 2.24) is 5.32 Å². The summed E-state index contributed by atoms with van der Waals surface area (Å²) in [5.74, 6) is 0.854. The fourth-order valence-electron chi connectivity index (χ4n) is 3.62. The Balaban J connectivity index is 1.55. The summed E-state index contributed by atoms with van der Waals surface area (Å²) in [6.45, 7) is 8.14. The van der Waals surface area contributed by atoms with Crippen LogP contribution in [0, 0.1) is 11.3 Å². The van der Waals surface area contributed by atoms with Gasteiger partial charge in [-0.15, -0.1) is 0 Å². The van der Waals surface area contributed by atoms with Crippen LogP contribution in [0.4, 0.5) is 0 Å². The molecule has 0 radical (unpaired) electrons. The van der Waals surface area contributed by atoms with Crippen molar-refractivity contribution in [2.24, 2.45) is 11.3 Å². The molecule has 3 nitrogen and oxygen atoms in total. The molecule has 0 amide bonds. The van der Waals surface area contributed by atoms with Crippen LogP contribution < -0.4 is 5.32 Å². The zero-order chi connectivity index (χ0) is 14.6. The number of aliphatic hydroxyl groups is 1. The van der Waals surface area contributed by atoms with Crippen LogP contribution in [-0.2, 0) is 4.74 Å². The fraction of sp³-hybridized carbons (Fsp3) is 1.00. The average molecular weight is 283 g/mol. The molecule has 2 atom stereocenters. The normalized spacial score (nSPS) is 35.1. The van der Waals surface area contributed by atoms with E-state index < -0.39 is 0 Å². The first-order chi connectivity index (χ1) is 9.44. The Labute approximate surface area is 124 Å². The van der Waals surface area contributed by atoms with Crippen molar-refractivity contribution < 1.29 is 9.84 Å². The molecule has 0 spiro atoms. The molecule has 0 bridgehead atoms. The van der Waals surface area contributed by atoms with Gasteiger partial charge in [-0.2, -0.15) is 0 Å². The van der Waals surface area contributed by atoms with Crippen molar-refractivity contribution in [2.45, 2.75) is 84.0 Å². The van der Waals surface area contributed by atoms with Gasteiger partial charge in [-0.3, -0.25) is 0 Å². The summed E-state index contributed by atoms with van der Waals surface area (Å²) in [7, 11) is 0. The zero-order valence-corrected chi connectivity index (χ0v) is 13.5. The third-order valence-electron chi connectivity index (χ3n) is 5.10. The van der Waals surface area contributed by atoms with E-state index in [1.807, 2.05) is 0 Å². The van der Waals surface area contributed by atoms with Crippen molar-refractivity contribution in [3.8, 4) is 0 Å². The van der Waals surface area contributed by atoms with Crippen LogP contribution in [0.15, 0.2) is 0 Å². The maximum Gasteiger partial charge on any atom is 0.0897 e. The molecule has 20 heavy (non-hydrogen) atoms. The molecule has 2 saturated carbocycles. The summed E-state index contributed by atoms with van der Waals surface area (Å²) in [5.41, 5.74) is 0.470. The molecule has 2 aliphatic rings. The Bertz CT molecular complexity index is 285. The summed E-state index contributed by atoms with van der Waals surface area (Å²) < 4.78 is 5.86. The standard InChI is InChI=1S/C17H33NO2/c1-13-4-6-16(7-5-13)20-12-15(19)11-18-14-8-9-17(2,3)10-14/h13-16,18-19H,4-12H2,1-3H3. The smallest absolute Gasteiger partial charge is 0.0897 e. The lowest BCUT2D eigenvalue weighted by Crippen LogP contribution is -2.37. The molecule has 2 rings (SSSR count). The molecule has 2 N–H and O–H groups in total. The van der Waals surface area contributed by atoms with Gasteiger partial charge in [0.2, 0.25) is 0 Å². The Morgan fingerprint density at radius 1 is 1.20 bits per heavy atom. The van der Waals surface area contributed by atoms with Gasteiger partial charge < -0.3 is 15.2 Å². The van der Waals surface area contributed by atoms with Crippen LogP contribution in [0.3, 0.4) is 0 Å². The van der Waals surface area contributed by atoms with Crippen LogP contribution in [0.25, 0.3) is 0 Å². The Morgan fingerprint density at radius 3 is 2.50 bits per heavy atom. The van der Waals surface area contributed by atoms with Crippen LogP contribution in [0.5, 0.6) is 0 Å². The minimum absolute atomic E-state index is 0.363. The number of nitrogens with one attached hydrogen (secondary N) is 1. The number of hydrogen-bond donors (Lipinski definition) is 2. The quantitative estimate of drug-likeness (QED) is 0.787. The molecule has 0 saturated heterocycles. The highest BCUT2D eigenvalue weighted by molar-refractivity contribution is 4.86. The second-order valence-electron chi connectivity index (χ2n) is 7.88. The predicted molar refractivity (Wildman–Crippen MR) is 82.8 cm³/mol. The van der Waals surface area contributed by atoms with Gasteiger partial charge in [-0.25, -0.2) is 0 Å². The molecule has 2 aliphatic carbocycles. The third kappa shape index (κ3) is 5.34. The van der Waals surface area contributed by atoms with Gasteiger partial charge in [0.1, 0.15) is 0 Å². The van der Waals surface area contributed by atoms with Gasteiger partial charge in [0.25, 0.3) is 0 Å². The Morgan fingerprint density at radius 2 is 1.90 bits per heavy atom. The summed E-state index contributed by atoms with van der Waals surface area (Å²) >= 11 is 0. The maximum atomic E-state index is 10.0. The van der Waals surface area contributed by atoms with E-state index >= 15 is 0 Å². The first kappa shape index (κ1) is 16.3. The molecule has 3 heteroatoms. The Hall–Kier alpha value is -0.120. The van der Waals surface area contributed by atoms with Gasteiger partial charge in [-0.1, -0.05) is 20.8 Å². The predicted octanol–water partition coefficient (Wildman–Crippen LogP) is 3.11. The van der Waals surface area contributed by atoms with E-state index in [1.165, 1.54) is 32.1 Å². The second-order valence-corrected chi connectivity index (χ2v) is 7.88. The number of rotatable bonds is 6. The molecule has 0 aromatic rings. The highest BCUT2D eigenvalue weighted by atomic mass is 16.5. The van der Waals surface area contributed by atoms with E-state index in [-0.39, 0.29) is 6.10 Å². The van der Waals surface area contributed by atoms with Gasteiger partial charge in [0, 0.05) is 12.6 Å². The van der Waals surface area contributed by atoms with E-state index in [1.54, 1.807) is 0 Å². The average Bonchev–Trinajstić information content (AvgIpc) is 2.75. The molecule has 2 fully saturated rings. The largest absolute Gasteiger partial charge is 0.389 e. The Kier molecular flexibility index (Phi) is 5.88. The molecule has 118 valence electrons. The fourth-order valence-corrected chi connectivity index (χ4v) is 3.62. The van der Waals surface area contributed by atoms with Gasteiger partial charge in [-0.05, 0) is 56.3 Å². The molecule has 0 aromatic carbocycles. The first-order valence-corrected chi connectivity index (χ1v) is 8.48. The molecular formula is C17H33NO2. The minimum atomic E-state index is -0.363. The monoisotopic (exact) mass is 283 g/mol. The third-order valence-corrected chi connectivity index (χ3v) is 5.10. The van der Waals surface area contributed by atoms with Crippen molar-refractivity contribution in [1.29, 1.82) is 0 Å². The summed E-state index contributed by atoms with van der Waals surface area (Å²) in [6, 6.07) is 0.579. The zero-order valence-electron chi connectivity index (χ0n) is 13.5. The van der Waals surface area contributed by atoms with E-state index in [0.29, 0.717) is 30.7 Å². The second kappa shape index (κ2) is 7.24. The molecule has 0 aromatic heterocycles. The van der Waals surface area contributed by atoms with E-state index in [9.17, 15) is 5.11 Å². The summed E-state index contributed by atoms with van der Waals surface area (Å²) in [5, 5.41) is 13.5. The van der Waals surface area contributed by atoms with Crippen molar-refractivity contribution in [3.05, 3.63) is 0 Å². The molecular weight excluding hydrogens is 250 g/mol. The number of aliphatic hydroxyl groups excluding tert-OH is 1. The van der Waals surface area contributed by atoms with Crippen molar-refractivity contribution in [3.63, 3.8) is 0 Å². The van der Waals surface area contributed by atoms with E-state index in [4.69, 9.17) is 4.74 Å². The lowest BCUT2D eigenvalue weighted by atomic mass is 9.89. The minimum Gasteiger partial charge on any atom is -0.389 e. The maximum absolute atomic E-state index is 10.0. The lowest BCUT2D eigenvalue weighted by molar-refractivity contribution is -0.0284. The highest BCUT2D eigenvalue weighted by Gasteiger charge is 2.30. The van der Waals surface area contributed by atoms with Crippen molar-refractivity contribution in [2.75, 3.05) is 13.2 Å². The summed E-state index contributed by atoms with van der Waals surface area (Å²) in [6.07, 6.45) is 8.65. The van der Waals surface area contributed by atoms with E-state index in [0.717, 1.165) is 18.8 Å². The van der Waals surface area contributed by atoms with Crippen molar-refractivity contribution >= 4 is 0 Å². The van der Waals surface area contributed by atoms with Gasteiger partial charge >= 0.3 is 0 Å². The van der Waals surface area contributed by atoms with Crippen LogP contribution >= 0.6 is 0 Å². The van der Waals surface area contributed by atoms with Crippen LogP contribution in [-0.4, -0.2) is 36.5 Å². The van der Waals surface area contributed by atoms with Gasteiger partial charge in [0.15, 0.2) is 0 Å². The van der Waals surface area contributed by atoms with Crippen LogP contribution in [0.1, 0.15) is 65.7 Å². The van der Waals surface area contributed by atoms with E-state index in [2.05, 4.69) is 26.1 Å². The molecule has 0 aliphatic heterocycles. The molecule has 0 heterocycles. The summed E-state index contributed by atoms with van der Waals surface area (Å²) in [4.78, 5) is 0.